The number of ether oxygens (including phenoxy) is 1. The monoisotopic (exact) mass is 256 g/mol. The first-order valence-corrected chi connectivity index (χ1v) is 6.14. The molecular formula is C12H17ClN2O2. The highest BCUT2D eigenvalue weighted by Gasteiger charge is 2.24. The quantitative estimate of drug-likeness (QED) is 0.886. The van der Waals surface area contributed by atoms with Crippen molar-refractivity contribution in [2.24, 2.45) is 0 Å². The van der Waals surface area contributed by atoms with Crippen molar-refractivity contribution < 1.29 is 9.84 Å². The van der Waals surface area contributed by atoms with Gasteiger partial charge in [-0.15, -0.1) is 0 Å². The molecule has 2 atom stereocenters. The third-order valence-electron chi connectivity index (χ3n) is 2.77. The number of morpholine rings is 1. The zero-order chi connectivity index (χ0) is 12.3. The van der Waals surface area contributed by atoms with E-state index in [0.717, 1.165) is 25.3 Å². The highest BCUT2D eigenvalue weighted by Crippen LogP contribution is 2.15. The van der Waals surface area contributed by atoms with E-state index in [1.54, 1.807) is 12.3 Å². The molecule has 2 unspecified atom stereocenters. The van der Waals surface area contributed by atoms with Crippen molar-refractivity contribution in [1.82, 2.24) is 9.88 Å². The van der Waals surface area contributed by atoms with Crippen molar-refractivity contribution in [2.75, 3.05) is 19.7 Å². The van der Waals surface area contributed by atoms with E-state index in [4.69, 9.17) is 21.4 Å². The lowest BCUT2D eigenvalue weighted by molar-refractivity contribution is -0.0974. The maximum Gasteiger partial charge on any atom is 0.0936 e. The Balaban J connectivity index is 1.98. The second kappa shape index (κ2) is 5.78. The number of halogens is 1. The first-order chi connectivity index (χ1) is 8.17. The van der Waals surface area contributed by atoms with Crippen molar-refractivity contribution in [2.45, 2.75) is 25.7 Å². The molecule has 1 aromatic heterocycles. The van der Waals surface area contributed by atoms with Crippen molar-refractivity contribution in [3.63, 3.8) is 0 Å². The minimum Gasteiger partial charge on any atom is -0.394 e. The maximum atomic E-state index is 9.15. The summed E-state index contributed by atoms with van der Waals surface area (Å²) in [5.41, 5.74) is 0.947. The van der Waals surface area contributed by atoms with Crippen LogP contribution in [0.2, 0.25) is 5.02 Å². The maximum absolute atomic E-state index is 9.15. The van der Waals surface area contributed by atoms with E-state index >= 15 is 0 Å². The standard InChI is InChI=1S/C12H17ClN2O2/c1-9-5-15(7-12(8-16)17-9)6-11-4-10(13)2-3-14-11/h2-4,9,12,16H,5-8H2,1H3. The van der Waals surface area contributed by atoms with E-state index < -0.39 is 0 Å². The van der Waals surface area contributed by atoms with Crippen LogP contribution in [0.25, 0.3) is 0 Å². The predicted octanol–water partition coefficient (Wildman–Crippen LogP) is 1.32. The van der Waals surface area contributed by atoms with Gasteiger partial charge in [0.05, 0.1) is 24.5 Å². The summed E-state index contributed by atoms with van der Waals surface area (Å²) < 4.78 is 5.59. The molecule has 0 aromatic carbocycles. The van der Waals surface area contributed by atoms with Crippen molar-refractivity contribution in [1.29, 1.82) is 0 Å². The van der Waals surface area contributed by atoms with E-state index in [0.29, 0.717) is 5.02 Å². The average Bonchev–Trinajstić information content (AvgIpc) is 2.28. The van der Waals surface area contributed by atoms with Gasteiger partial charge in [0.15, 0.2) is 0 Å². The number of hydrogen-bond acceptors (Lipinski definition) is 4. The molecule has 94 valence electrons. The van der Waals surface area contributed by atoms with Crippen LogP contribution < -0.4 is 0 Å². The van der Waals surface area contributed by atoms with E-state index in [9.17, 15) is 0 Å². The SMILES string of the molecule is CC1CN(Cc2cc(Cl)ccn2)CC(CO)O1. The Labute approximate surface area is 106 Å². The summed E-state index contributed by atoms with van der Waals surface area (Å²) in [6.45, 7) is 4.40. The van der Waals surface area contributed by atoms with Crippen LogP contribution in [0, 0.1) is 0 Å². The lowest BCUT2D eigenvalue weighted by Gasteiger charge is -2.35. The largest absolute Gasteiger partial charge is 0.394 e. The molecule has 0 spiro atoms. The molecule has 4 nitrogen and oxygen atoms in total. The Bertz CT molecular complexity index is 375. The normalized spacial score (nSPS) is 26.1. The fourth-order valence-electron chi connectivity index (χ4n) is 2.13. The van der Waals surface area contributed by atoms with Crippen LogP contribution in [0.4, 0.5) is 0 Å². The number of aliphatic hydroxyl groups excluding tert-OH is 1. The molecule has 0 saturated carbocycles. The molecule has 17 heavy (non-hydrogen) atoms. The van der Waals surface area contributed by atoms with Crippen LogP contribution >= 0.6 is 11.6 Å². The number of hydrogen-bond donors (Lipinski definition) is 1. The Kier molecular flexibility index (Phi) is 4.34. The smallest absolute Gasteiger partial charge is 0.0936 e. The van der Waals surface area contributed by atoms with Gasteiger partial charge >= 0.3 is 0 Å². The minimum absolute atomic E-state index is 0.0593. The van der Waals surface area contributed by atoms with Gasteiger partial charge in [0.1, 0.15) is 0 Å². The summed E-state index contributed by atoms with van der Waals surface area (Å²) in [5.74, 6) is 0. The van der Waals surface area contributed by atoms with Crippen LogP contribution in [0.1, 0.15) is 12.6 Å². The fraction of sp³-hybridized carbons (Fsp3) is 0.583. The zero-order valence-electron chi connectivity index (χ0n) is 9.84. The molecule has 5 heteroatoms. The van der Waals surface area contributed by atoms with Gasteiger partial charge < -0.3 is 9.84 Å². The first kappa shape index (κ1) is 12.8. The summed E-state index contributed by atoms with van der Waals surface area (Å²) in [6, 6.07) is 3.64. The van der Waals surface area contributed by atoms with Crippen LogP contribution in [0.15, 0.2) is 18.3 Å². The van der Waals surface area contributed by atoms with Gasteiger partial charge in [-0.3, -0.25) is 9.88 Å². The third-order valence-corrected chi connectivity index (χ3v) is 3.00. The van der Waals surface area contributed by atoms with Gasteiger partial charge in [0, 0.05) is 30.9 Å². The Hall–Kier alpha value is -0.680. The number of pyridine rings is 1. The van der Waals surface area contributed by atoms with Gasteiger partial charge in [0.25, 0.3) is 0 Å². The third kappa shape index (κ3) is 3.64. The molecule has 0 bridgehead atoms. The summed E-state index contributed by atoms with van der Waals surface area (Å²) >= 11 is 5.92. The lowest BCUT2D eigenvalue weighted by Crippen LogP contribution is -2.47. The molecule has 1 aliphatic heterocycles. The molecule has 2 heterocycles. The highest BCUT2D eigenvalue weighted by molar-refractivity contribution is 6.30. The summed E-state index contributed by atoms with van der Waals surface area (Å²) in [7, 11) is 0. The summed E-state index contributed by atoms with van der Waals surface area (Å²) in [4.78, 5) is 6.51. The summed E-state index contributed by atoms with van der Waals surface area (Å²) in [6.07, 6.45) is 1.75. The highest BCUT2D eigenvalue weighted by atomic mass is 35.5. The van der Waals surface area contributed by atoms with E-state index in [2.05, 4.69) is 9.88 Å². The molecule has 0 radical (unpaired) electrons. The minimum atomic E-state index is -0.0991. The van der Waals surface area contributed by atoms with Crippen LogP contribution in [0.3, 0.4) is 0 Å². The molecule has 2 rings (SSSR count). The van der Waals surface area contributed by atoms with Gasteiger partial charge in [-0.1, -0.05) is 11.6 Å². The van der Waals surface area contributed by atoms with E-state index in [1.807, 2.05) is 13.0 Å². The average molecular weight is 257 g/mol. The number of nitrogens with zero attached hydrogens (tertiary/aromatic N) is 2. The summed E-state index contributed by atoms with van der Waals surface area (Å²) in [5, 5.41) is 9.85. The lowest BCUT2D eigenvalue weighted by atomic mass is 10.2. The molecule has 1 aromatic rings. The van der Waals surface area contributed by atoms with Gasteiger partial charge in [-0.2, -0.15) is 0 Å². The van der Waals surface area contributed by atoms with Gasteiger partial charge in [-0.25, -0.2) is 0 Å². The Morgan fingerprint density at radius 1 is 1.59 bits per heavy atom. The van der Waals surface area contributed by atoms with Gasteiger partial charge in [0.2, 0.25) is 0 Å². The first-order valence-electron chi connectivity index (χ1n) is 5.76. The Morgan fingerprint density at radius 2 is 2.41 bits per heavy atom. The molecule has 1 N–H and O–H groups in total. The molecule has 0 amide bonds. The molecule has 1 fully saturated rings. The van der Waals surface area contributed by atoms with Crippen LogP contribution in [0.5, 0.6) is 0 Å². The van der Waals surface area contributed by atoms with Gasteiger partial charge in [-0.05, 0) is 19.1 Å². The number of aliphatic hydroxyl groups is 1. The Morgan fingerprint density at radius 3 is 3.12 bits per heavy atom. The van der Waals surface area contributed by atoms with Crippen molar-refractivity contribution in [3.8, 4) is 0 Å². The molecule has 0 aliphatic carbocycles. The van der Waals surface area contributed by atoms with Crippen LogP contribution in [-0.2, 0) is 11.3 Å². The molecular weight excluding hydrogens is 240 g/mol. The van der Waals surface area contributed by atoms with Crippen LogP contribution in [-0.4, -0.2) is 46.9 Å². The fourth-order valence-corrected chi connectivity index (χ4v) is 2.32. The topological polar surface area (TPSA) is 45.6 Å². The van der Waals surface area contributed by atoms with E-state index in [-0.39, 0.29) is 18.8 Å². The second-order valence-corrected chi connectivity index (χ2v) is 4.85. The van der Waals surface area contributed by atoms with E-state index in [1.165, 1.54) is 0 Å². The number of rotatable bonds is 3. The molecule has 1 aliphatic rings. The predicted molar refractivity (Wildman–Crippen MR) is 65.9 cm³/mol. The number of aromatic nitrogens is 1. The van der Waals surface area contributed by atoms with Crippen molar-refractivity contribution >= 4 is 11.6 Å². The zero-order valence-corrected chi connectivity index (χ0v) is 10.6. The second-order valence-electron chi connectivity index (χ2n) is 4.41. The van der Waals surface area contributed by atoms with Crippen molar-refractivity contribution in [3.05, 3.63) is 29.0 Å². The molecule has 1 saturated heterocycles.